The Labute approximate surface area is 417 Å². The quantitative estimate of drug-likeness (QED) is 0.160. The minimum absolute atomic E-state index is 0.0126. The highest BCUT2D eigenvalue weighted by Gasteiger charge is 2.42. The van der Waals surface area contributed by atoms with Crippen LogP contribution in [0.4, 0.5) is 17.1 Å². The molecule has 3 heterocycles. The number of rotatable bonds is 4. The monoisotopic (exact) mass is 910 g/mol. The van der Waals surface area contributed by atoms with Gasteiger partial charge in [0.2, 0.25) is 0 Å². The molecule has 2 aliphatic heterocycles. The van der Waals surface area contributed by atoms with Crippen molar-refractivity contribution >= 4 is 83.5 Å². The van der Waals surface area contributed by atoms with Gasteiger partial charge in [0.15, 0.2) is 0 Å². The molecule has 0 radical (unpaired) electrons. The van der Waals surface area contributed by atoms with Gasteiger partial charge in [0.1, 0.15) is 0 Å². The van der Waals surface area contributed by atoms with Crippen molar-refractivity contribution in [2.75, 3.05) is 4.90 Å². The normalized spacial score (nSPS) is 12.9. The summed E-state index contributed by atoms with van der Waals surface area (Å²) in [6, 6.07) is 84.9. The van der Waals surface area contributed by atoms with Gasteiger partial charge in [-0.05, 0) is 136 Å². The van der Waals surface area contributed by atoms with Gasteiger partial charge >= 0.3 is 0 Å². The van der Waals surface area contributed by atoms with Crippen LogP contribution in [0.1, 0.15) is 52.7 Å². The van der Waals surface area contributed by atoms with Crippen LogP contribution in [0.3, 0.4) is 0 Å². The second-order valence-corrected chi connectivity index (χ2v) is 21.7. The second-order valence-electron chi connectivity index (χ2n) is 21.7. The van der Waals surface area contributed by atoms with Crippen molar-refractivity contribution in [3.05, 3.63) is 236 Å². The largest absolute Gasteiger partial charge is 0.311 e. The molecule has 0 spiro atoms. The van der Waals surface area contributed by atoms with E-state index in [-0.39, 0.29) is 17.5 Å². The predicted molar refractivity (Wildman–Crippen MR) is 306 cm³/mol. The predicted octanol–water partition coefficient (Wildman–Crippen LogP) is 16.4. The van der Waals surface area contributed by atoms with E-state index in [2.05, 4.69) is 275 Å². The van der Waals surface area contributed by atoms with Gasteiger partial charge in [0, 0.05) is 33.5 Å². The summed E-state index contributed by atoms with van der Waals surface area (Å²) in [7, 11) is 0. The number of nitrogens with zero attached hydrogens (tertiary/aromatic N) is 2. The van der Waals surface area contributed by atoms with Crippen LogP contribution < -0.4 is 21.3 Å². The van der Waals surface area contributed by atoms with Crippen molar-refractivity contribution in [2.24, 2.45) is 0 Å². The number of anilines is 3. The lowest BCUT2D eigenvalue weighted by Gasteiger charge is -2.41. The molecule has 0 fully saturated rings. The van der Waals surface area contributed by atoms with Gasteiger partial charge in [-0.15, -0.1) is 0 Å². The van der Waals surface area contributed by atoms with E-state index in [1.165, 1.54) is 121 Å². The van der Waals surface area contributed by atoms with Gasteiger partial charge < -0.3 is 9.47 Å². The van der Waals surface area contributed by atoms with Gasteiger partial charge in [-0.1, -0.05) is 224 Å². The van der Waals surface area contributed by atoms with Crippen LogP contribution in [-0.2, 0) is 10.8 Å². The zero-order chi connectivity index (χ0) is 48.2. The van der Waals surface area contributed by atoms with Crippen molar-refractivity contribution in [3.8, 4) is 39.1 Å². The lowest BCUT2D eigenvalue weighted by Crippen LogP contribution is -2.60. The minimum atomic E-state index is -0.0731. The first-order valence-electron chi connectivity index (χ1n) is 25.2. The molecule has 10 aromatic carbocycles. The Kier molecular flexibility index (Phi) is 9.81. The average Bonchev–Trinajstić information content (AvgIpc) is 3.44. The smallest absolute Gasteiger partial charge is 0.252 e. The third kappa shape index (κ3) is 7.01. The molecule has 0 aliphatic carbocycles. The summed E-state index contributed by atoms with van der Waals surface area (Å²) in [6.07, 6.45) is 0. The zero-order valence-corrected chi connectivity index (χ0v) is 41.3. The molecule has 0 bridgehead atoms. The standard InChI is InChI=1S/C68H55BN2/c1-67(2,3)50-25-19-24-46(39-50)47-32-35-59-63(42-47)70(52-40-48(44-20-9-7-10-21-44)38-49(41-52)45-22-11-8-12-23-45)62-37-34-58-56-29-16-14-27-54(56)53-26-13-15-28-55(53)57-30-17-18-31-61(57)71-64-43-51(68(4,5)6)33-36-60(64)69(59)65(62)66(58)71/h7-43H,1-6H3. The summed E-state index contributed by atoms with van der Waals surface area (Å²) < 4.78 is 2.65. The maximum absolute atomic E-state index is 2.65. The van der Waals surface area contributed by atoms with Crippen molar-refractivity contribution in [3.63, 3.8) is 0 Å². The van der Waals surface area contributed by atoms with E-state index in [1.54, 1.807) is 0 Å². The molecule has 2 nitrogen and oxygen atoms in total. The molecular weight excluding hydrogens is 856 g/mol. The third-order valence-corrected chi connectivity index (χ3v) is 15.3. The number of fused-ring (bicyclic) bond motifs is 12. The summed E-state index contributed by atoms with van der Waals surface area (Å²) >= 11 is 0. The molecule has 0 amide bonds. The molecule has 340 valence electrons. The highest BCUT2D eigenvalue weighted by atomic mass is 15.2. The maximum atomic E-state index is 2.65. The number of hydrogen-bond donors (Lipinski definition) is 0. The minimum Gasteiger partial charge on any atom is -0.311 e. The van der Waals surface area contributed by atoms with Crippen LogP contribution in [0.15, 0.2) is 224 Å². The van der Waals surface area contributed by atoms with Gasteiger partial charge in [-0.25, -0.2) is 0 Å². The third-order valence-electron chi connectivity index (χ3n) is 15.3. The Balaban J connectivity index is 1.23. The molecule has 2 aliphatic rings. The number of hydrogen-bond acceptors (Lipinski definition) is 1. The summed E-state index contributed by atoms with van der Waals surface area (Å²) in [6.45, 7) is 13.9. The van der Waals surface area contributed by atoms with Crippen LogP contribution in [-0.4, -0.2) is 11.3 Å². The molecule has 13 rings (SSSR count). The van der Waals surface area contributed by atoms with Crippen LogP contribution in [0.2, 0.25) is 0 Å². The van der Waals surface area contributed by atoms with Crippen molar-refractivity contribution < 1.29 is 0 Å². The average molecular weight is 911 g/mol. The topological polar surface area (TPSA) is 8.17 Å². The molecule has 0 unspecified atom stereocenters. The van der Waals surface area contributed by atoms with Crippen LogP contribution in [0, 0.1) is 0 Å². The molecule has 0 saturated heterocycles. The molecule has 0 atom stereocenters. The molecule has 71 heavy (non-hydrogen) atoms. The maximum Gasteiger partial charge on any atom is 0.252 e. The highest BCUT2D eigenvalue weighted by molar-refractivity contribution is 7.00. The molecular formula is C68H55BN2. The van der Waals surface area contributed by atoms with Gasteiger partial charge in [0.05, 0.1) is 11.0 Å². The fourth-order valence-electron chi connectivity index (χ4n) is 11.7. The Morgan fingerprint density at radius 2 is 0.831 bits per heavy atom. The molecule has 0 saturated carbocycles. The zero-order valence-electron chi connectivity index (χ0n) is 41.3. The fraction of sp³-hybridized carbons (Fsp3) is 0.118. The molecule has 3 heteroatoms. The SMILES string of the molecule is CC(C)(C)c1cccc(-c2ccc3c(c2)N(c2cc(-c4ccccc4)cc(-c4ccccc4)c2)c2ccc4c5ccccc5c5ccccc5c5ccccc5n5c4c2B3c2ccc(C(C)(C)C)cc2-5)c1. The van der Waals surface area contributed by atoms with Gasteiger partial charge in [-0.3, -0.25) is 0 Å². The Morgan fingerprint density at radius 1 is 0.324 bits per heavy atom. The fourth-order valence-corrected chi connectivity index (χ4v) is 11.7. The lowest BCUT2D eigenvalue weighted by molar-refractivity contribution is 0.590. The Hall–Kier alpha value is -8.14. The van der Waals surface area contributed by atoms with Gasteiger partial charge in [0.25, 0.3) is 6.71 Å². The second kappa shape index (κ2) is 16.2. The number of aromatic nitrogens is 1. The van der Waals surface area contributed by atoms with Crippen molar-refractivity contribution in [2.45, 2.75) is 52.4 Å². The number of para-hydroxylation sites is 1. The van der Waals surface area contributed by atoms with Crippen molar-refractivity contribution in [1.82, 2.24) is 4.57 Å². The van der Waals surface area contributed by atoms with Crippen LogP contribution >= 0.6 is 0 Å². The van der Waals surface area contributed by atoms with E-state index in [4.69, 9.17) is 0 Å². The van der Waals surface area contributed by atoms with E-state index in [0.29, 0.717) is 0 Å². The molecule has 0 N–H and O–H groups in total. The first-order valence-corrected chi connectivity index (χ1v) is 25.2. The first-order chi connectivity index (χ1) is 34.5. The van der Waals surface area contributed by atoms with E-state index in [0.717, 1.165) is 5.69 Å². The summed E-state index contributed by atoms with van der Waals surface area (Å²) in [4.78, 5) is 2.60. The summed E-state index contributed by atoms with van der Waals surface area (Å²) in [5.41, 5.74) is 20.8. The van der Waals surface area contributed by atoms with Crippen LogP contribution in [0.5, 0.6) is 0 Å². The molecule has 11 aromatic rings. The first kappa shape index (κ1) is 42.9. The van der Waals surface area contributed by atoms with E-state index in [9.17, 15) is 0 Å². The lowest BCUT2D eigenvalue weighted by atomic mass is 9.33. The van der Waals surface area contributed by atoms with E-state index in [1.807, 2.05) is 0 Å². The Bertz CT molecular complexity index is 3960. The highest BCUT2D eigenvalue weighted by Crippen LogP contribution is 2.46. The summed E-state index contributed by atoms with van der Waals surface area (Å²) in [5, 5.41) is 7.38. The summed E-state index contributed by atoms with van der Waals surface area (Å²) in [5.74, 6) is 0. The van der Waals surface area contributed by atoms with Crippen LogP contribution in [0.25, 0.3) is 82.4 Å². The Morgan fingerprint density at radius 3 is 1.46 bits per heavy atom. The number of benzene rings is 10. The molecule has 1 aromatic heterocycles. The van der Waals surface area contributed by atoms with Crippen molar-refractivity contribution in [1.29, 1.82) is 0 Å². The van der Waals surface area contributed by atoms with Gasteiger partial charge in [-0.2, -0.15) is 0 Å². The van der Waals surface area contributed by atoms with E-state index >= 15 is 0 Å². The van der Waals surface area contributed by atoms with E-state index < -0.39 is 0 Å².